The molecule has 0 saturated heterocycles. The second kappa shape index (κ2) is 4.63. The third kappa shape index (κ3) is 2.90. The van der Waals surface area contributed by atoms with Gasteiger partial charge < -0.3 is 0 Å². The second-order valence-electron chi connectivity index (χ2n) is 4.84. The Morgan fingerprint density at radius 3 is 2.32 bits per heavy atom. The fraction of sp³-hybridized carbons (Fsp3) is 0.417. The summed E-state index contributed by atoms with van der Waals surface area (Å²) in [7, 11) is -3.49. The number of hydrogen-bond acceptors (Lipinski definition) is 5. The Labute approximate surface area is 110 Å². The van der Waals surface area contributed by atoms with Crippen LogP contribution in [-0.2, 0) is 9.84 Å². The minimum Gasteiger partial charge on any atom is -0.258 e. The van der Waals surface area contributed by atoms with Crippen molar-refractivity contribution in [1.82, 2.24) is 0 Å². The van der Waals surface area contributed by atoms with Gasteiger partial charge in [0.15, 0.2) is 9.84 Å². The predicted molar refractivity (Wildman–Crippen MR) is 67.0 cm³/mol. The topological polar surface area (TPSA) is 101 Å². The minimum absolute atomic E-state index is 0.0641. The standard InChI is InChI=1S/C12H12N2O4S/c13-8-7-12(5-6-12)9-19(17,18)11-3-1-10(2-4-11)14(15)16/h1-4H,5-7,9H2. The molecule has 0 radical (unpaired) electrons. The fourth-order valence-corrected chi connectivity index (χ4v) is 3.89. The zero-order valence-corrected chi connectivity index (χ0v) is 10.9. The number of rotatable bonds is 5. The molecule has 1 aromatic carbocycles. The van der Waals surface area contributed by atoms with Gasteiger partial charge in [0, 0.05) is 18.6 Å². The summed E-state index contributed by atoms with van der Waals surface area (Å²) >= 11 is 0. The first-order valence-electron chi connectivity index (χ1n) is 5.73. The van der Waals surface area contributed by atoms with Crippen LogP contribution in [0.25, 0.3) is 0 Å². The van der Waals surface area contributed by atoms with E-state index in [1.165, 1.54) is 24.3 Å². The third-order valence-corrected chi connectivity index (χ3v) is 5.30. The second-order valence-corrected chi connectivity index (χ2v) is 6.83. The number of hydrogen-bond donors (Lipinski definition) is 0. The molecule has 2 rings (SSSR count). The smallest absolute Gasteiger partial charge is 0.258 e. The van der Waals surface area contributed by atoms with E-state index in [1.54, 1.807) is 0 Å². The first-order chi connectivity index (χ1) is 8.88. The summed E-state index contributed by atoms with van der Waals surface area (Å²) in [5.74, 6) is -0.0641. The molecule has 19 heavy (non-hydrogen) atoms. The first kappa shape index (κ1) is 13.5. The Balaban J connectivity index is 2.21. The van der Waals surface area contributed by atoms with Crippen LogP contribution in [0.5, 0.6) is 0 Å². The molecule has 0 atom stereocenters. The van der Waals surface area contributed by atoms with Crippen LogP contribution in [0.1, 0.15) is 19.3 Å². The Morgan fingerprint density at radius 2 is 1.89 bits per heavy atom. The number of nitro benzene ring substituents is 1. The molecular weight excluding hydrogens is 268 g/mol. The van der Waals surface area contributed by atoms with Crippen molar-refractivity contribution < 1.29 is 13.3 Å². The van der Waals surface area contributed by atoms with Gasteiger partial charge in [-0.05, 0) is 30.4 Å². The van der Waals surface area contributed by atoms with Gasteiger partial charge in [-0.15, -0.1) is 0 Å². The summed E-state index contributed by atoms with van der Waals surface area (Å²) in [6.07, 6.45) is 1.72. The Hall–Kier alpha value is -1.94. The highest BCUT2D eigenvalue weighted by Crippen LogP contribution is 2.50. The normalized spacial score (nSPS) is 16.6. The Kier molecular flexibility index (Phi) is 3.28. The summed E-state index contributed by atoms with van der Waals surface area (Å²) in [5.41, 5.74) is -0.549. The van der Waals surface area contributed by atoms with Crippen molar-refractivity contribution in [3.63, 3.8) is 0 Å². The van der Waals surface area contributed by atoms with Crippen molar-refractivity contribution in [3.8, 4) is 6.07 Å². The van der Waals surface area contributed by atoms with Crippen LogP contribution in [0.4, 0.5) is 5.69 Å². The average Bonchev–Trinajstić information content (AvgIpc) is 3.08. The zero-order chi connectivity index (χ0) is 14.1. The molecule has 0 aromatic heterocycles. The van der Waals surface area contributed by atoms with E-state index in [-0.39, 0.29) is 22.8 Å². The predicted octanol–water partition coefficient (Wildman–Crippen LogP) is 2.06. The lowest BCUT2D eigenvalue weighted by Crippen LogP contribution is -2.17. The van der Waals surface area contributed by atoms with Gasteiger partial charge in [-0.3, -0.25) is 10.1 Å². The van der Waals surface area contributed by atoms with Crippen LogP contribution >= 0.6 is 0 Å². The summed E-state index contributed by atoms with van der Waals surface area (Å²) in [5, 5.41) is 19.2. The molecule has 6 nitrogen and oxygen atoms in total. The van der Waals surface area contributed by atoms with Crippen molar-refractivity contribution in [2.45, 2.75) is 24.2 Å². The molecule has 0 N–H and O–H groups in total. The number of nitriles is 1. The Bertz CT molecular complexity index is 639. The SMILES string of the molecule is N#CCC1(CS(=O)(=O)c2ccc([N+](=O)[O-])cc2)CC1. The first-order valence-corrected chi connectivity index (χ1v) is 7.38. The number of sulfone groups is 1. The van der Waals surface area contributed by atoms with Crippen LogP contribution in [0.3, 0.4) is 0 Å². The van der Waals surface area contributed by atoms with Crippen LogP contribution in [-0.4, -0.2) is 19.1 Å². The molecular formula is C12H12N2O4S. The van der Waals surface area contributed by atoms with Gasteiger partial charge in [0.2, 0.25) is 0 Å². The molecule has 0 spiro atoms. The summed E-state index contributed by atoms with van der Waals surface area (Å²) in [6, 6.07) is 6.86. The van der Waals surface area contributed by atoms with Crippen LogP contribution in [0, 0.1) is 26.9 Å². The Morgan fingerprint density at radius 1 is 1.32 bits per heavy atom. The monoisotopic (exact) mass is 280 g/mol. The number of non-ortho nitro benzene ring substituents is 1. The molecule has 1 fully saturated rings. The van der Waals surface area contributed by atoms with Crippen molar-refractivity contribution in [2.75, 3.05) is 5.75 Å². The van der Waals surface area contributed by atoms with E-state index in [9.17, 15) is 18.5 Å². The van der Waals surface area contributed by atoms with Gasteiger partial charge in [-0.2, -0.15) is 5.26 Å². The van der Waals surface area contributed by atoms with Crippen molar-refractivity contribution in [1.29, 1.82) is 5.26 Å². The van der Waals surface area contributed by atoms with Crippen LogP contribution in [0.15, 0.2) is 29.2 Å². The quantitative estimate of drug-likeness (QED) is 0.607. The highest BCUT2D eigenvalue weighted by molar-refractivity contribution is 7.91. The lowest BCUT2D eigenvalue weighted by molar-refractivity contribution is -0.384. The van der Waals surface area contributed by atoms with E-state index in [4.69, 9.17) is 5.26 Å². The maximum atomic E-state index is 12.2. The molecule has 0 aliphatic heterocycles. The fourth-order valence-electron chi connectivity index (χ4n) is 1.98. The van der Waals surface area contributed by atoms with Crippen molar-refractivity contribution >= 4 is 15.5 Å². The third-order valence-electron chi connectivity index (χ3n) is 3.31. The van der Waals surface area contributed by atoms with E-state index in [0.29, 0.717) is 0 Å². The van der Waals surface area contributed by atoms with E-state index in [1.807, 2.05) is 6.07 Å². The van der Waals surface area contributed by atoms with E-state index >= 15 is 0 Å². The lowest BCUT2D eigenvalue weighted by atomic mass is 10.1. The van der Waals surface area contributed by atoms with E-state index < -0.39 is 20.2 Å². The van der Waals surface area contributed by atoms with Gasteiger partial charge in [0.25, 0.3) is 5.69 Å². The summed E-state index contributed by atoms with van der Waals surface area (Å²) < 4.78 is 24.3. The molecule has 1 aliphatic carbocycles. The molecule has 0 unspecified atom stereocenters. The maximum absolute atomic E-state index is 12.2. The molecule has 100 valence electrons. The average molecular weight is 280 g/mol. The molecule has 0 amide bonds. The molecule has 0 bridgehead atoms. The number of benzene rings is 1. The van der Waals surface area contributed by atoms with Crippen molar-refractivity contribution in [3.05, 3.63) is 34.4 Å². The molecule has 7 heteroatoms. The number of nitro groups is 1. The van der Waals surface area contributed by atoms with Crippen LogP contribution < -0.4 is 0 Å². The van der Waals surface area contributed by atoms with Gasteiger partial charge in [0.1, 0.15) is 0 Å². The largest absolute Gasteiger partial charge is 0.269 e. The summed E-state index contributed by atoms with van der Waals surface area (Å²) in [6.45, 7) is 0. The van der Waals surface area contributed by atoms with Crippen molar-refractivity contribution in [2.24, 2.45) is 5.41 Å². The molecule has 1 saturated carbocycles. The summed E-state index contributed by atoms with van der Waals surface area (Å²) in [4.78, 5) is 10.0. The zero-order valence-electron chi connectivity index (χ0n) is 10.1. The molecule has 1 aromatic rings. The highest BCUT2D eigenvalue weighted by Gasteiger charge is 2.46. The van der Waals surface area contributed by atoms with Gasteiger partial charge in [-0.25, -0.2) is 8.42 Å². The number of nitrogens with zero attached hydrogens (tertiary/aromatic N) is 2. The molecule has 0 heterocycles. The van der Waals surface area contributed by atoms with Gasteiger partial charge in [0.05, 0.1) is 21.6 Å². The van der Waals surface area contributed by atoms with E-state index in [2.05, 4.69) is 0 Å². The van der Waals surface area contributed by atoms with Gasteiger partial charge >= 0.3 is 0 Å². The molecule has 1 aliphatic rings. The van der Waals surface area contributed by atoms with E-state index in [0.717, 1.165) is 12.8 Å². The minimum atomic E-state index is -3.49. The van der Waals surface area contributed by atoms with Gasteiger partial charge in [-0.1, -0.05) is 0 Å². The highest BCUT2D eigenvalue weighted by atomic mass is 32.2. The maximum Gasteiger partial charge on any atom is 0.269 e. The van der Waals surface area contributed by atoms with Crippen LogP contribution in [0.2, 0.25) is 0 Å². The lowest BCUT2D eigenvalue weighted by Gasteiger charge is -2.11.